The van der Waals surface area contributed by atoms with Gasteiger partial charge in [0.05, 0.1) is 0 Å². The summed E-state index contributed by atoms with van der Waals surface area (Å²) in [5.74, 6) is 1.20. The van der Waals surface area contributed by atoms with Crippen molar-refractivity contribution in [1.82, 2.24) is 20.2 Å². The molecule has 1 heterocycles. The molecule has 0 aliphatic heterocycles. The zero-order valence-electron chi connectivity index (χ0n) is 9.00. The highest BCUT2D eigenvalue weighted by atomic mass is 32.2. The molecule has 7 nitrogen and oxygen atoms in total. The van der Waals surface area contributed by atoms with Crippen molar-refractivity contribution >= 4 is 17.6 Å². The highest BCUT2D eigenvalue weighted by Crippen LogP contribution is 2.51. The summed E-state index contributed by atoms with van der Waals surface area (Å²) >= 11 is 1.61. The van der Waals surface area contributed by atoms with Gasteiger partial charge in [-0.15, -0.1) is 5.10 Å². The van der Waals surface area contributed by atoms with E-state index >= 15 is 0 Å². The molecule has 0 aromatic carbocycles. The summed E-state index contributed by atoms with van der Waals surface area (Å²) in [5, 5.41) is 23.6. The first-order chi connectivity index (χ1) is 7.65. The molecule has 1 aromatic rings. The van der Waals surface area contributed by atoms with E-state index in [1.165, 1.54) is 0 Å². The molecule has 0 bridgehead atoms. The Balaban J connectivity index is 1.88. The predicted octanol–water partition coefficient (Wildman–Crippen LogP) is 0.219. The number of tetrazole rings is 1. The normalized spacial score (nSPS) is 18.7. The Labute approximate surface area is 97.1 Å². The van der Waals surface area contributed by atoms with Crippen molar-refractivity contribution in [2.24, 2.45) is 23.4 Å². The van der Waals surface area contributed by atoms with Crippen molar-refractivity contribution in [3.63, 3.8) is 0 Å². The molecule has 2 rings (SSSR count). The number of amidine groups is 1. The molecule has 1 saturated carbocycles. The summed E-state index contributed by atoms with van der Waals surface area (Å²) in [4.78, 5) is 0. The SMILES string of the molecule is Cn1nnnc1SCC1(CC(N)=NO)CC1. The van der Waals surface area contributed by atoms with Crippen LogP contribution in [0.2, 0.25) is 0 Å². The van der Waals surface area contributed by atoms with Crippen molar-refractivity contribution in [3.8, 4) is 0 Å². The van der Waals surface area contributed by atoms with Crippen molar-refractivity contribution in [3.05, 3.63) is 0 Å². The molecule has 0 spiro atoms. The number of aromatic nitrogens is 4. The lowest BCUT2D eigenvalue weighted by atomic mass is 10.1. The minimum Gasteiger partial charge on any atom is -0.409 e. The van der Waals surface area contributed by atoms with E-state index < -0.39 is 0 Å². The summed E-state index contributed by atoms with van der Waals surface area (Å²) in [6, 6.07) is 0. The van der Waals surface area contributed by atoms with E-state index in [0.29, 0.717) is 12.3 Å². The summed E-state index contributed by atoms with van der Waals surface area (Å²) in [6.45, 7) is 0. The molecule has 1 aliphatic carbocycles. The van der Waals surface area contributed by atoms with Gasteiger partial charge in [-0.05, 0) is 28.7 Å². The standard InChI is InChI=1S/C8H14N6OS/c1-14-7(10-12-13-14)16-5-8(2-3-8)4-6(9)11-15/h15H,2-5H2,1H3,(H2,9,11). The molecule has 1 aliphatic rings. The fraction of sp³-hybridized carbons (Fsp3) is 0.750. The topological polar surface area (TPSA) is 102 Å². The maximum atomic E-state index is 8.54. The van der Waals surface area contributed by atoms with Gasteiger partial charge >= 0.3 is 0 Å². The van der Waals surface area contributed by atoms with Gasteiger partial charge < -0.3 is 10.9 Å². The molecule has 0 saturated heterocycles. The maximum absolute atomic E-state index is 8.54. The molecule has 0 atom stereocenters. The van der Waals surface area contributed by atoms with E-state index in [0.717, 1.165) is 23.8 Å². The first kappa shape index (κ1) is 11.2. The number of nitrogens with two attached hydrogens (primary N) is 1. The van der Waals surface area contributed by atoms with E-state index in [4.69, 9.17) is 10.9 Å². The van der Waals surface area contributed by atoms with E-state index in [1.54, 1.807) is 16.4 Å². The Morgan fingerprint density at radius 3 is 2.94 bits per heavy atom. The molecule has 1 fully saturated rings. The lowest BCUT2D eigenvalue weighted by Gasteiger charge is -2.12. The highest BCUT2D eigenvalue weighted by molar-refractivity contribution is 7.99. The number of thioether (sulfide) groups is 1. The van der Waals surface area contributed by atoms with Crippen LogP contribution in [0.1, 0.15) is 19.3 Å². The molecule has 1 aromatic heterocycles. The second kappa shape index (κ2) is 4.28. The van der Waals surface area contributed by atoms with Gasteiger partial charge in [0.1, 0.15) is 5.84 Å². The quantitative estimate of drug-likeness (QED) is 0.252. The Bertz CT molecular complexity index is 399. The summed E-state index contributed by atoms with van der Waals surface area (Å²) in [6.07, 6.45) is 2.87. The first-order valence-corrected chi connectivity index (χ1v) is 5.95. The van der Waals surface area contributed by atoms with Crippen LogP contribution >= 0.6 is 11.8 Å². The Kier molecular flexibility index (Phi) is 2.99. The lowest BCUT2D eigenvalue weighted by molar-refractivity contribution is 0.315. The van der Waals surface area contributed by atoms with Crippen molar-refractivity contribution < 1.29 is 5.21 Å². The molecular formula is C8H14N6OS. The Hall–Kier alpha value is -1.31. The van der Waals surface area contributed by atoms with Crippen molar-refractivity contribution in [2.45, 2.75) is 24.4 Å². The molecular weight excluding hydrogens is 228 g/mol. The van der Waals surface area contributed by atoms with Gasteiger partial charge in [-0.3, -0.25) is 0 Å². The number of rotatable bonds is 5. The van der Waals surface area contributed by atoms with E-state index in [-0.39, 0.29) is 5.41 Å². The summed E-state index contributed by atoms with van der Waals surface area (Å²) < 4.78 is 1.64. The summed E-state index contributed by atoms with van der Waals surface area (Å²) in [5.41, 5.74) is 5.70. The molecule has 0 radical (unpaired) electrons. The second-order valence-corrected chi connectivity index (χ2v) is 5.08. The van der Waals surface area contributed by atoms with Gasteiger partial charge in [-0.2, -0.15) is 0 Å². The fourth-order valence-electron chi connectivity index (χ4n) is 1.53. The zero-order valence-corrected chi connectivity index (χ0v) is 9.81. The van der Waals surface area contributed by atoms with Crippen molar-refractivity contribution in [2.75, 3.05) is 5.75 Å². The largest absolute Gasteiger partial charge is 0.409 e. The molecule has 0 unspecified atom stereocenters. The fourth-order valence-corrected chi connectivity index (χ4v) is 2.67. The number of hydrogen-bond donors (Lipinski definition) is 2. The van der Waals surface area contributed by atoms with Crippen LogP contribution in [-0.4, -0.2) is 37.0 Å². The first-order valence-electron chi connectivity index (χ1n) is 4.97. The second-order valence-electron chi connectivity index (χ2n) is 4.14. The molecule has 0 amide bonds. The van der Waals surface area contributed by atoms with Crippen LogP contribution in [0.3, 0.4) is 0 Å². The van der Waals surface area contributed by atoms with Crippen LogP contribution in [0.5, 0.6) is 0 Å². The van der Waals surface area contributed by atoms with Gasteiger partial charge in [0.25, 0.3) is 0 Å². The third kappa shape index (κ3) is 2.43. The minimum atomic E-state index is 0.174. The Morgan fingerprint density at radius 1 is 1.69 bits per heavy atom. The van der Waals surface area contributed by atoms with E-state index in [1.807, 2.05) is 7.05 Å². The average Bonchev–Trinajstić information content (AvgIpc) is 2.91. The van der Waals surface area contributed by atoms with Crippen molar-refractivity contribution in [1.29, 1.82) is 0 Å². The minimum absolute atomic E-state index is 0.174. The molecule has 3 N–H and O–H groups in total. The third-order valence-electron chi connectivity index (χ3n) is 2.73. The van der Waals surface area contributed by atoms with Crippen LogP contribution in [0.4, 0.5) is 0 Å². The monoisotopic (exact) mass is 242 g/mol. The number of nitrogens with zero attached hydrogens (tertiary/aromatic N) is 5. The van der Waals surface area contributed by atoms with Gasteiger partial charge in [0.15, 0.2) is 0 Å². The summed E-state index contributed by atoms with van der Waals surface area (Å²) in [7, 11) is 1.81. The molecule has 88 valence electrons. The molecule has 8 heteroatoms. The Morgan fingerprint density at radius 2 is 2.44 bits per heavy atom. The zero-order chi connectivity index (χ0) is 11.6. The number of hydrogen-bond acceptors (Lipinski definition) is 6. The van der Waals surface area contributed by atoms with Crippen LogP contribution in [0, 0.1) is 5.41 Å². The van der Waals surface area contributed by atoms with Crippen LogP contribution < -0.4 is 5.73 Å². The third-order valence-corrected chi connectivity index (χ3v) is 4.09. The van der Waals surface area contributed by atoms with Crippen LogP contribution in [0.15, 0.2) is 10.3 Å². The van der Waals surface area contributed by atoms with E-state index in [2.05, 4.69) is 20.7 Å². The van der Waals surface area contributed by atoms with Gasteiger partial charge in [0, 0.05) is 19.2 Å². The van der Waals surface area contributed by atoms with Gasteiger partial charge in [-0.1, -0.05) is 16.9 Å². The predicted molar refractivity (Wildman–Crippen MR) is 59.2 cm³/mol. The van der Waals surface area contributed by atoms with Crippen LogP contribution in [0.25, 0.3) is 0 Å². The maximum Gasteiger partial charge on any atom is 0.209 e. The smallest absolute Gasteiger partial charge is 0.209 e. The van der Waals surface area contributed by atoms with Crippen LogP contribution in [-0.2, 0) is 7.05 Å². The van der Waals surface area contributed by atoms with E-state index in [9.17, 15) is 0 Å². The number of aryl methyl sites for hydroxylation is 1. The lowest BCUT2D eigenvalue weighted by Crippen LogP contribution is -2.19. The average molecular weight is 242 g/mol. The van der Waals surface area contributed by atoms with Gasteiger partial charge in [0.2, 0.25) is 5.16 Å². The van der Waals surface area contributed by atoms with Gasteiger partial charge in [-0.25, -0.2) is 4.68 Å². The highest BCUT2D eigenvalue weighted by Gasteiger charge is 2.43. The number of oxime groups is 1. The molecule has 16 heavy (non-hydrogen) atoms.